The minimum Gasteiger partial charge on any atom is -0.327 e. The summed E-state index contributed by atoms with van der Waals surface area (Å²) in [7, 11) is 1.99. The van der Waals surface area contributed by atoms with Gasteiger partial charge in [-0.15, -0.1) is 11.3 Å². The number of nitrogens with zero attached hydrogens (tertiary/aromatic N) is 3. The maximum Gasteiger partial charge on any atom is 0.0946 e. The number of aryl methyl sites for hydroxylation is 4. The Bertz CT molecular complexity index is 578. The number of hydrogen-bond donors (Lipinski definition) is 1. The van der Waals surface area contributed by atoms with Crippen LogP contribution in [0, 0.1) is 27.7 Å². The molecule has 0 fully saturated rings. The number of hydrogen-bond acceptors (Lipinski definition) is 4. The third-order valence-electron chi connectivity index (χ3n) is 3.93. The molecule has 0 amide bonds. The Morgan fingerprint density at radius 1 is 1.20 bits per heavy atom. The molecule has 0 aliphatic carbocycles. The van der Waals surface area contributed by atoms with Crippen LogP contribution in [0.5, 0.6) is 0 Å². The van der Waals surface area contributed by atoms with Crippen LogP contribution < -0.4 is 5.73 Å². The van der Waals surface area contributed by atoms with Crippen molar-refractivity contribution in [2.24, 2.45) is 12.8 Å². The number of thiazole rings is 1. The van der Waals surface area contributed by atoms with Gasteiger partial charge < -0.3 is 5.73 Å². The van der Waals surface area contributed by atoms with E-state index in [0.717, 1.165) is 35.7 Å². The van der Waals surface area contributed by atoms with Crippen LogP contribution in [0.4, 0.5) is 0 Å². The van der Waals surface area contributed by atoms with E-state index in [0.29, 0.717) is 0 Å². The monoisotopic (exact) mass is 292 g/mol. The fraction of sp³-hybridized carbons (Fsp3) is 0.600. The zero-order valence-electron chi connectivity index (χ0n) is 13.0. The first kappa shape index (κ1) is 15.2. The molecule has 2 aromatic heterocycles. The van der Waals surface area contributed by atoms with E-state index in [1.54, 1.807) is 11.3 Å². The molecule has 2 N–H and O–H groups in total. The maximum absolute atomic E-state index is 6.26. The van der Waals surface area contributed by atoms with Gasteiger partial charge in [0.2, 0.25) is 0 Å². The van der Waals surface area contributed by atoms with Gasteiger partial charge >= 0.3 is 0 Å². The van der Waals surface area contributed by atoms with Gasteiger partial charge in [-0.1, -0.05) is 0 Å². The molecule has 5 heteroatoms. The molecule has 0 saturated carbocycles. The minimum absolute atomic E-state index is 0.166. The lowest BCUT2D eigenvalue weighted by Crippen LogP contribution is -2.23. The van der Waals surface area contributed by atoms with Crippen LogP contribution in [0.15, 0.2) is 0 Å². The van der Waals surface area contributed by atoms with E-state index in [4.69, 9.17) is 5.73 Å². The van der Waals surface area contributed by atoms with Gasteiger partial charge in [0.05, 0.1) is 16.4 Å². The van der Waals surface area contributed by atoms with E-state index in [2.05, 4.69) is 37.8 Å². The van der Waals surface area contributed by atoms with Crippen molar-refractivity contribution in [3.8, 4) is 0 Å². The molecule has 1 atom stereocenters. The number of aromatic nitrogens is 3. The predicted molar refractivity (Wildman–Crippen MR) is 84.3 cm³/mol. The summed E-state index contributed by atoms with van der Waals surface area (Å²) < 4.78 is 1.95. The van der Waals surface area contributed by atoms with Crippen molar-refractivity contribution in [2.45, 2.75) is 53.0 Å². The molecule has 0 saturated heterocycles. The second-order valence-corrected chi connectivity index (χ2v) is 6.81. The van der Waals surface area contributed by atoms with Gasteiger partial charge in [0.1, 0.15) is 0 Å². The van der Waals surface area contributed by atoms with E-state index in [1.807, 2.05) is 11.7 Å². The third-order valence-corrected chi connectivity index (χ3v) is 5.03. The zero-order valence-corrected chi connectivity index (χ0v) is 13.8. The molecule has 0 aliphatic rings. The fourth-order valence-electron chi connectivity index (χ4n) is 2.46. The van der Waals surface area contributed by atoms with Gasteiger partial charge in [0.15, 0.2) is 0 Å². The Balaban J connectivity index is 1.93. The molecular weight excluding hydrogens is 268 g/mol. The topological polar surface area (TPSA) is 56.7 Å². The molecule has 2 aromatic rings. The summed E-state index contributed by atoms with van der Waals surface area (Å²) in [5, 5.41) is 5.61. The highest BCUT2D eigenvalue weighted by Gasteiger charge is 2.13. The first-order valence-corrected chi connectivity index (χ1v) is 7.87. The van der Waals surface area contributed by atoms with Crippen LogP contribution in [0.1, 0.15) is 39.0 Å². The first-order chi connectivity index (χ1) is 9.38. The van der Waals surface area contributed by atoms with Crippen LogP contribution in [0.3, 0.4) is 0 Å². The van der Waals surface area contributed by atoms with Crippen molar-refractivity contribution in [2.75, 3.05) is 0 Å². The first-order valence-electron chi connectivity index (χ1n) is 7.06. The number of nitrogens with two attached hydrogens (primary N) is 1. The molecule has 0 spiro atoms. The highest BCUT2D eigenvalue weighted by atomic mass is 32.1. The molecule has 2 rings (SSSR count). The Morgan fingerprint density at radius 3 is 2.40 bits per heavy atom. The van der Waals surface area contributed by atoms with Gasteiger partial charge in [-0.2, -0.15) is 5.10 Å². The second-order valence-electron chi connectivity index (χ2n) is 5.53. The standard InChI is InChI=1S/C15H24N4S/c1-9-12(4)20-15(17-9)8-13(16)6-7-14-10(2)18-19(5)11(14)3/h13H,6-8,16H2,1-5H3. The second kappa shape index (κ2) is 6.06. The summed E-state index contributed by atoms with van der Waals surface area (Å²) in [4.78, 5) is 5.86. The van der Waals surface area contributed by atoms with Gasteiger partial charge in [-0.3, -0.25) is 4.68 Å². The van der Waals surface area contributed by atoms with E-state index in [9.17, 15) is 0 Å². The Labute approximate surface area is 125 Å². The summed E-state index contributed by atoms with van der Waals surface area (Å²) in [6.07, 6.45) is 2.85. The quantitative estimate of drug-likeness (QED) is 0.921. The van der Waals surface area contributed by atoms with Crippen LogP contribution in [0.2, 0.25) is 0 Å². The molecule has 1 unspecified atom stereocenters. The summed E-state index contributed by atoms with van der Waals surface area (Å²) in [6.45, 7) is 8.36. The van der Waals surface area contributed by atoms with Crippen LogP contribution in [0.25, 0.3) is 0 Å². The van der Waals surface area contributed by atoms with Crippen LogP contribution in [-0.4, -0.2) is 20.8 Å². The Morgan fingerprint density at radius 2 is 1.90 bits per heavy atom. The summed E-state index contributed by atoms with van der Waals surface area (Å²) in [6, 6.07) is 0.166. The molecule has 2 heterocycles. The van der Waals surface area contributed by atoms with E-state index in [-0.39, 0.29) is 6.04 Å². The lowest BCUT2D eigenvalue weighted by molar-refractivity contribution is 0.606. The van der Waals surface area contributed by atoms with Gasteiger partial charge in [0, 0.05) is 30.1 Å². The molecule has 0 aromatic carbocycles. The van der Waals surface area contributed by atoms with Gasteiger partial charge in [-0.25, -0.2) is 4.98 Å². The SMILES string of the molecule is Cc1nc(CC(N)CCc2c(C)nn(C)c2C)sc1C. The Hall–Kier alpha value is -1.20. The summed E-state index contributed by atoms with van der Waals surface area (Å²) in [5.41, 5.74) is 11.1. The Kier molecular flexibility index (Phi) is 4.60. The number of rotatable bonds is 5. The highest BCUT2D eigenvalue weighted by Crippen LogP contribution is 2.19. The van der Waals surface area contributed by atoms with Gasteiger partial charge in [0.25, 0.3) is 0 Å². The highest BCUT2D eigenvalue weighted by molar-refractivity contribution is 7.11. The lowest BCUT2D eigenvalue weighted by atomic mass is 10.0. The van der Waals surface area contributed by atoms with Crippen molar-refractivity contribution < 1.29 is 0 Å². The van der Waals surface area contributed by atoms with Crippen LogP contribution >= 0.6 is 11.3 Å². The van der Waals surface area contributed by atoms with E-state index < -0.39 is 0 Å². The zero-order chi connectivity index (χ0) is 14.9. The molecule has 110 valence electrons. The van der Waals surface area contributed by atoms with Crippen molar-refractivity contribution in [1.29, 1.82) is 0 Å². The predicted octanol–water partition coefficient (Wildman–Crippen LogP) is 2.61. The van der Waals surface area contributed by atoms with Crippen molar-refractivity contribution in [3.05, 3.63) is 32.5 Å². The van der Waals surface area contributed by atoms with Crippen molar-refractivity contribution >= 4 is 11.3 Å². The summed E-state index contributed by atoms with van der Waals surface area (Å²) in [5.74, 6) is 0. The van der Waals surface area contributed by atoms with Crippen LogP contribution in [-0.2, 0) is 19.9 Å². The fourth-order valence-corrected chi connectivity index (χ4v) is 3.49. The van der Waals surface area contributed by atoms with Crippen molar-refractivity contribution in [1.82, 2.24) is 14.8 Å². The average molecular weight is 292 g/mol. The molecule has 4 nitrogen and oxygen atoms in total. The molecule has 0 radical (unpaired) electrons. The van der Waals surface area contributed by atoms with Crippen molar-refractivity contribution in [3.63, 3.8) is 0 Å². The van der Waals surface area contributed by atoms with E-state index in [1.165, 1.54) is 16.1 Å². The third kappa shape index (κ3) is 3.27. The maximum atomic E-state index is 6.26. The average Bonchev–Trinajstić information content (AvgIpc) is 2.79. The normalized spacial score (nSPS) is 12.9. The smallest absolute Gasteiger partial charge is 0.0946 e. The molecule has 20 heavy (non-hydrogen) atoms. The summed E-state index contributed by atoms with van der Waals surface area (Å²) >= 11 is 1.77. The lowest BCUT2D eigenvalue weighted by Gasteiger charge is -2.10. The molecular formula is C15H24N4S. The van der Waals surface area contributed by atoms with Gasteiger partial charge in [-0.05, 0) is 46.1 Å². The van der Waals surface area contributed by atoms with E-state index >= 15 is 0 Å². The molecule has 0 aliphatic heterocycles. The largest absolute Gasteiger partial charge is 0.327 e. The minimum atomic E-state index is 0.166. The molecule has 0 bridgehead atoms.